The van der Waals surface area contributed by atoms with Crippen molar-refractivity contribution in [1.29, 1.82) is 0 Å². The lowest BCUT2D eigenvalue weighted by Crippen LogP contribution is -2.30. The van der Waals surface area contributed by atoms with Gasteiger partial charge in [-0.3, -0.25) is 4.79 Å². The van der Waals surface area contributed by atoms with Gasteiger partial charge in [-0.1, -0.05) is 25.3 Å². The van der Waals surface area contributed by atoms with Gasteiger partial charge in [-0.2, -0.15) is 0 Å². The van der Waals surface area contributed by atoms with E-state index in [4.69, 9.17) is 0 Å². The highest BCUT2D eigenvalue weighted by atomic mass is 32.1. The van der Waals surface area contributed by atoms with Crippen molar-refractivity contribution in [3.63, 3.8) is 0 Å². The van der Waals surface area contributed by atoms with Gasteiger partial charge in [0.05, 0.1) is 5.51 Å². The summed E-state index contributed by atoms with van der Waals surface area (Å²) < 4.78 is 0. The summed E-state index contributed by atoms with van der Waals surface area (Å²) in [6.45, 7) is 2.57. The third-order valence-corrected chi connectivity index (χ3v) is 4.71. The van der Waals surface area contributed by atoms with Crippen LogP contribution in [0.25, 0.3) is 0 Å². The molecule has 1 aliphatic heterocycles. The maximum Gasteiger partial charge on any atom is 0.271 e. The third kappa shape index (κ3) is 4.28. The van der Waals surface area contributed by atoms with Crippen LogP contribution in [0.4, 0.5) is 5.82 Å². The molecule has 122 valence electrons. The normalized spacial score (nSPS) is 15.7. The molecule has 1 saturated heterocycles. The summed E-state index contributed by atoms with van der Waals surface area (Å²) in [5, 5.41) is 4.71. The third-order valence-electron chi connectivity index (χ3n) is 4.13. The molecule has 1 N–H and O–H groups in total. The molecule has 23 heavy (non-hydrogen) atoms. The molecule has 0 aromatic carbocycles. The summed E-state index contributed by atoms with van der Waals surface area (Å²) in [5.74, 6) is 0.877. The molecule has 0 aliphatic carbocycles. The van der Waals surface area contributed by atoms with Crippen LogP contribution in [0.2, 0.25) is 0 Å². The van der Waals surface area contributed by atoms with Crippen LogP contribution >= 0.6 is 11.3 Å². The molecule has 3 rings (SSSR count). The average Bonchev–Trinajstić information content (AvgIpc) is 3.07. The zero-order valence-corrected chi connectivity index (χ0v) is 14.0. The predicted molar refractivity (Wildman–Crippen MR) is 92.8 cm³/mol. The number of thiazole rings is 1. The molecule has 0 saturated carbocycles. The molecule has 3 heterocycles. The maximum atomic E-state index is 12.1. The Morgan fingerprint density at radius 3 is 2.70 bits per heavy atom. The molecular weight excluding hydrogens is 308 g/mol. The van der Waals surface area contributed by atoms with Gasteiger partial charge in [0.25, 0.3) is 5.91 Å². The van der Waals surface area contributed by atoms with Crippen LogP contribution in [0.5, 0.6) is 0 Å². The molecule has 1 fully saturated rings. The Balaban J connectivity index is 1.68. The summed E-state index contributed by atoms with van der Waals surface area (Å²) in [6, 6.07) is 3.97. The minimum atomic E-state index is -0.131. The first-order valence-electron chi connectivity index (χ1n) is 8.20. The number of carbonyl (C=O) groups excluding carboxylic acids is 1. The molecular formula is C17H22N4OS. The molecule has 0 bridgehead atoms. The van der Waals surface area contributed by atoms with E-state index < -0.39 is 0 Å². The van der Waals surface area contributed by atoms with Crippen LogP contribution < -0.4 is 10.2 Å². The smallest absolute Gasteiger partial charge is 0.271 e. The number of pyridine rings is 1. The van der Waals surface area contributed by atoms with Gasteiger partial charge in [0, 0.05) is 36.8 Å². The number of rotatable bonds is 4. The molecule has 0 radical (unpaired) electrons. The Morgan fingerprint density at radius 1 is 1.17 bits per heavy atom. The minimum Gasteiger partial charge on any atom is -0.356 e. The number of hydrogen-bond donors (Lipinski definition) is 1. The molecule has 5 nitrogen and oxygen atoms in total. The van der Waals surface area contributed by atoms with Crippen LogP contribution in [0.15, 0.2) is 29.2 Å². The molecule has 2 aromatic rings. The first-order chi connectivity index (χ1) is 11.3. The molecule has 2 aromatic heterocycles. The highest BCUT2D eigenvalue weighted by molar-refractivity contribution is 7.07. The van der Waals surface area contributed by atoms with Crippen molar-refractivity contribution in [2.75, 3.05) is 18.0 Å². The number of anilines is 1. The quantitative estimate of drug-likeness (QED) is 0.935. The Hall–Kier alpha value is -1.95. The topological polar surface area (TPSA) is 58.1 Å². The predicted octanol–water partition coefficient (Wildman–Crippen LogP) is 3.24. The number of nitrogens with one attached hydrogen (secondary N) is 1. The summed E-state index contributed by atoms with van der Waals surface area (Å²) in [5.41, 5.74) is 3.22. The first-order valence-corrected chi connectivity index (χ1v) is 9.14. The number of nitrogens with zero attached hydrogens (tertiary/aromatic N) is 3. The van der Waals surface area contributed by atoms with Gasteiger partial charge in [-0.25, -0.2) is 9.97 Å². The van der Waals surface area contributed by atoms with Crippen molar-refractivity contribution in [1.82, 2.24) is 15.3 Å². The summed E-state index contributed by atoms with van der Waals surface area (Å²) >= 11 is 1.43. The van der Waals surface area contributed by atoms with Gasteiger partial charge in [-0.05, 0) is 18.9 Å². The van der Waals surface area contributed by atoms with E-state index in [9.17, 15) is 4.79 Å². The van der Waals surface area contributed by atoms with E-state index in [0.29, 0.717) is 12.2 Å². The highest BCUT2D eigenvalue weighted by Gasteiger charge is 2.15. The Labute approximate surface area is 140 Å². The maximum absolute atomic E-state index is 12.1. The van der Waals surface area contributed by atoms with E-state index in [-0.39, 0.29) is 5.91 Å². The van der Waals surface area contributed by atoms with Gasteiger partial charge in [0.2, 0.25) is 0 Å². The summed E-state index contributed by atoms with van der Waals surface area (Å²) in [4.78, 5) is 23.1. The monoisotopic (exact) mass is 330 g/mol. The Bertz CT molecular complexity index is 621. The minimum absolute atomic E-state index is 0.131. The molecule has 0 spiro atoms. The van der Waals surface area contributed by atoms with Crippen LogP contribution in [0.1, 0.15) is 48.2 Å². The highest BCUT2D eigenvalue weighted by Crippen LogP contribution is 2.21. The fraction of sp³-hybridized carbons (Fsp3) is 0.471. The van der Waals surface area contributed by atoms with Gasteiger partial charge in [0.1, 0.15) is 11.5 Å². The number of amides is 1. The fourth-order valence-electron chi connectivity index (χ4n) is 2.90. The van der Waals surface area contributed by atoms with Gasteiger partial charge in [-0.15, -0.1) is 11.3 Å². The van der Waals surface area contributed by atoms with Gasteiger partial charge >= 0.3 is 0 Å². The zero-order chi connectivity index (χ0) is 15.9. The van der Waals surface area contributed by atoms with Crippen LogP contribution in [0.3, 0.4) is 0 Å². The molecule has 0 unspecified atom stereocenters. The number of hydrogen-bond acceptors (Lipinski definition) is 5. The zero-order valence-electron chi connectivity index (χ0n) is 13.2. The molecule has 1 amide bonds. The fourth-order valence-corrected chi connectivity index (χ4v) is 3.44. The lowest BCUT2D eigenvalue weighted by atomic mass is 10.1. The van der Waals surface area contributed by atoms with Crippen LogP contribution in [-0.2, 0) is 6.54 Å². The number of aromatic nitrogens is 2. The Kier molecular flexibility index (Phi) is 5.58. The summed E-state index contributed by atoms with van der Waals surface area (Å²) in [7, 11) is 0. The average molecular weight is 330 g/mol. The second-order valence-corrected chi connectivity index (χ2v) is 6.52. The lowest BCUT2D eigenvalue weighted by molar-refractivity contribution is 0.0946. The largest absolute Gasteiger partial charge is 0.356 e. The van der Waals surface area contributed by atoms with E-state index in [1.54, 1.807) is 10.9 Å². The molecule has 0 atom stereocenters. The summed E-state index contributed by atoms with van der Waals surface area (Å²) in [6.07, 6.45) is 8.17. The van der Waals surface area contributed by atoms with Crippen LogP contribution in [0, 0.1) is 0 Å². The van der Waals surface area contributed by atoms with Crippen molar-refractivity contribution in [3.8, 4) is 0 Å². The van der Waals surface area contributed by atoms with Crippen molar-refractivity contribution < 1.29 is 4.79 Å². The van der Waals surface area contributed by atoms with Crippen molar-refractivity contribution in [3.05, 3.63) is 40.5 Å². The number of carbonyl (C=O) groups is 1. The van der Waals surface area contributed by atoms with E-state index in [1.807, 2.05) is 18.3 Å². The van der Waals surface area contributed by atoms with E-state index in [0.717, 1.165) is 24.5 Å². The van der Waals surface area contributed by atoms with Crippen molar-refractivity contribution in [2.24, 2.45) is 0 Å². The standard InChI is InChI=1S/C17H22N4OS/c22-17(15-12-23-13-20-15)19-11-14-7-6-8-18-16(14)21-9-4-2-1-3-5-10-21/h6-8,12-13H,1-5,9-11H2,(H,19,22). The van der Waals surface area contributed by atoms with Crippen molar-refractivity contribution >= 4 is 23.1 Å². The van der Waals surface area contributed by atoms with E-state index >= 15 is 0 Å². The van der Waals surface area contributed by atoms with Gasteiger partial charge in [0.15, 0.2) is 0 Å². The molecule has 1 aliphatic rings. The van der Waals surface area contributed by atoms with E-state index in [1.165, 1.54) is 43.4 Å². The van der Waals surface area contributed by atoms with Gasteiger partial charge < -0.3 is 10.2 Å². The Morgan fingerprint density at radius 2 is 1.96 bits per heavy atom. The first kappa shape index (κ1) is 15.9. The molecule has 6 heteroatoms. The SMILES string of the molecule is O=C(NCc1cccnc1N1CCCCCCC1)c1cscn1. The lowest BCUT2D eigenvalue weighted by Gasteiger charge is -2.27. The van der Waals surface area contributed by atoms with Crippen LogP contribution in [-0.4, -0.2) is 29.0 Å². The van der Waals surface area contributed by atoms with E-state index in [2.05, 4.69) is 20.2 Å². The second kappa shape index (κ2) is 8.06. The second-order valence-electron chi connectivity index (χ2n) is 5.80. The van der Waals surface area contributed by atoms with Crippen molar-refractivity contribution in [2.45, 2.75) is 38.6 Å².